The van der Waals surface area contributed by atoms with Crippen LogP contribution in [0.15, 0.2) is 29.1 Å². The van der Waals surface area contributed by atoms with E-state index in [2.05, 4.69) is 36.1 Å². The van der Waals surface area contributed by atoms with Gasteiger partial charge in [0, 0.05) is 23.6 Å². The van der Waals surface area contributed by atoms with Gasteiger partial charge in [-0.05, 0) is 6.07 Å². The minimum absolute atomic E-state index is 0.124. The maximum atomic E-state index is 5.80. The topological polar surface area (TPSA) is 77.0 Å². The number of nitrogens with zero attached hydrogens (tertiary/aromatic N) is 2. The van der Waals surface area contributed by atoms with Crippen molar-refractivity contribution in [3.8, 4) is 0 Å². The molecule has 0 saturated heterocycles. The molecule has 0 spiro atoms. The third-order valence-electron chi connectivity index (χ3n) is 2.47. The van der Waals surface area contributed by atoms with E-state index in [0.717, 1.165) is 17.2 Å². The summed E-state index contributed by atoms with van der Waals surface area (Å²) in [6.45, 7) is 6.82. The zero-order chi connectivity index (χ0) is 13.2. The third kappa shape index (κ3) is 3.00. The minimum Gasteiger partial charge on any atom is -0.472 e. The molecule has 0 aromatic carbocycles. The van der Waals surface area contributed by atoms with E-state index < -0.39 is 0 Å². The van der Waals surface area contributed by atoms with Gasteiger partial charge in [0.25, 0.3) is 0 Å². The first kappa shape index (κ1) is 12.4. The first-order valence-corrected chi connectivity index (χ1v) is 5.85. The quantitative estimate of drug-likeness (QED) is 0.870. The Morgan fingerprint density at radius 3 is 2.72 bits per heavy atom. The highest BCUT2D eigenvalue weighted by Crippen LogP contribution is 2.21. The van der Waals surface area contributed by atoms with Crippen LogP contribution in [-0.4, -0.2) is 9.97 Å². The third-order valence-corrected chi connectivity index (χ3v) is 2.47. The van der Waals surface area contributed by atoms with Crippen molar-refractivity contribution in [2.24, 2.45) is 0 Å². The monoisotopic (exact) mass is 246 g/mol. The summed E-state index contributed by atoms with van der Waals surface area (Å²) in [5.74, 6) is 1.94. The van der Waals surface area contributed by atoms with Crippen molar-refractivity contribution < 1.29 is 4.42 Å². The number of hydrogen-bond acceptors (Lipinski definition) is 5. The fraction of sp³-hybridized carbons (Fsp3) is 0.385. The molecule has 0 amide bonds. The second-order valence-electron chi connectivity index (χ2n) is 5.24. The Morgan fingerprint density at radius 1 is 1.33 bits per heavy atom. The summed E-state index contributed by atoms with van der Waals surface area (Å²) >= 11 is 0. The predicted octanol–water partition coefficient (Wildman–Crippen LogP) is 2.56. The predicted molar refractivity (Wildman–Crippen MR) is 71.2 cm³/mol. The Morgan fingerprint density at radius 2 is 2.11 bits per heavy atom. The van der Waals surface area contributed by atoms with Gasteiger partial charge in [0.2, 0.25) is 0 Å². The number of nitrogens with one attached hydrogen (secondary N) is 1. The van der Waals surface area contributed by atoms with Gasteiger partial charge in [0.05, 0.1) is 12.5 Å². The standard InChI is InChI=1S/C13H18N4O/c1-13(2,3)12-16-10(14)6-11(17-12)15-7-9-4-5-18-8-9/h4-6,8H,7H2,1-3H3,(H3,14,15,16,17). The maximum Gasteiger partial charge on any atom is 0.138 e. The molecule has 2 rings (SSSR count). The highest BCUT2D eigenvalue weighted by atomic mass is 16.3. The first-order valence-electron chi connectivity index (χ1n) is 5.85. The minimum atomic E-state index is -0.124. The van der Waals surface area contributed by atoms with Gasteiger partial charge in [0.1, 0.15) is 17.5 Å². The van der Waals surface area contributed by atoms with E-state index in [4.69, 9.17) is 10.2 Å². The van der Waals surface area contributed by atoms with Crippen molar-refractivity contribution in [2.45, 2.75) is 32.7 Å². The summed E-state index contributed by atoms with van der Waals surface area (Å²) in [4.78, 5) is 8.73. The zero-order valence-corrected chi connectivity index (χ0v) is 10.9. The molecule has 0 aliphatic heterocycles. The summed E-state index contributed by atoms with van der Waals surface area (Å²) in [7, 11) is 0. The van der Waals surface area contributed by atoms with Gasteiger partial charge in [-0.3, -0.25) is 0 Å². The molecule has 96 valence electrons. The number of hydrogen-bond donors (Lipinski definition) is 2. The fourth-order valence-electron chi connectivity index (χ4n) is 1.48. The van der Waals surface area contributed by atoms with Crippen LogP contribution in [0.5, 0.6) is 0 Å². The Bertz CT molecular complexity index is 514. The Balaban J connectivity index is 2.15. The van der Waals surface area contributed by atoms with Crippen LogP contribution in [-0.2, 0) is 12.0 Å². The van der Waals surface area contributed by atoms with Gasteiger partial charge in [-0.2, -0.15) is 0 Å². The molecule has 0 atom stereocenters. The second kappa shape index (κ2) is 4.68. The van der Waals surface area contributed by atoms with Crippen LogP contribution in [0, 0.1) is 0 Å². The molecule has 0 aliphatic rings. The van der Waals surface area contributed by atoms with Crippen molar-refractivity contribution in [3.05, 3.63) is 36.0 Å². The fourth-order valence-corrected chi connectivity index (χ4v) is 1.48. The van der Waals surface area contributed by atoms with Gasteiger partial charge >= 0.3 is 0 Å². The summed E-state index contributed by atoms with van der Waals surface area (Å²) in [5.41, 5.74) is 6.73. The van der Waals surface area contributed by atoms with Crippen LogP contribution in [0.3, 0.4) is 0 Å². The number of nitrogens with two attached hydrogens (primary N) is 1. The molecule has 0 bridgehead atoms. The first-order chi connectivity index (χ1) is 8.45. The van der Waals surface area contributed by atoms with E-state index >= 15 is 0 Å². The highest BCUT2D eigenvalue weighted by molar-refractivity contribution is 5.45. The van der Waals surface area contributed by atoms with Crippen LogP contribution < -0.4 is 11.1 Å². The molecule has 0 radical (unpaired) electrons. The lowest BCUT2D eigenvalue weighted by Crippen LogP contribution is -2.18. The van der Waals surface area contributed by atoms with Gasteiger partial charge < -0.3 is 15.5 Å². The molecule has 2 heterocycles. The number of aromatic nitrogens is 2. The van der Waals surface area contributed by atoms with E-state index in [-0.39, 0.29) is 5.41 Å². The summed E-state index contributed by atoms with van der Waals surface area (Å²) in [5, 5.41) is 3.21. The number of rotatable bonds is 3. The smallest absolute Gasteiger partial charge is 0.138 e. The summed E-state index contributed by atoms with van der Waals surface area (Å²) in [6, 6.07) is 3.64. The van der Waals surface area contributed by atoms with Gasteiger partial charge in [-0.15, -0.1) is 0 Å². The lowest BCUT2D eigenvalue weighted by molar-refractivity contribution is 0.547. The molecule has 0 fully saturated rings. The van der Waals surface area contributed by atoms with Crippen molar-refractivity contribution in [3.63, 3.8) is 0 Å². The van der Waals surface area contributed by atoms with Gasteiger partial charge in [0.15, 0.2) is 0 Å². The highest BCUT2D eigenvalue weighted by Gasteiger charge is 2.18. The van der Waals surface area contributed by atoms with Crippen LogP contribution in [0.4, 0.5) is 11.6 Å². The maximum absolute atomic E-state index is 5.80. The number of anilines is 2. The molecule has 3 N–H and O–H groups in total. The van der Waals surface area contributed by atoms with E-state index in [1.165, 1.54) is 0 Å². The van der Waals surface area contributed by atoms with Crippen LogP contribution in [0.1, 0.15) is 32.2 Å². The molecule has 0 unspecified atom stereocenters. The average molecular weight is 246 g/mol. The molecule has 0 aliphatic carbocycles. The lowest BCUT2D eigenvalue weighted by Gasteiger charge is -2.18. The second-order valence-corrected chi connectivity index (χ2v) is 5.24. The summed E-state index contributed by atoms with van der Waals surface area (Å²) in [6.07, 6.45) is 3.34. The molecular weight excluding hydrogens is 228 g/mol. The molecule has 2 aromatic heterocycles. The number of furan rings is 1. The van der Waals surface area contributed by atoms with E-state index in [1.807, 2.05) is 6.07 Å². The van der Waals surface area contributed by atoms with Gasteiger partial charge in [-0.1, -0.05) is 20.8 Å². The van der Waals surface area contributed by atoms with Crippen LogP contribution in [0.2, 0.25) is 0 Å². The molecule has 0 saturated carbocycles. The Labute approximate surface area is 106 Å². The molecular formula is C13H18N4O. The molecule has 5 heteroatoms. The number of nitrogen functional groups attached to an aromatic ring is 1. The van der Waals surface area contributed by atoms with Crippen molar-refractivity contribution in [1.82, 2.24) is 9.97 Å². The Kier molecular flexibility index (Phi) is 3.23. The van der Waals surface area contributed by atoms with Crippen LogP contribution in [0.25, 0.3) is 0 Å². The van der Waals surface area contributed by atoms with Crippen molar-refractivity contribution in [2.75, 3.05) is 11.1 Å². The van der Waals surface area contributed by atoms with Crippen molar-refractivity contribution in [1.29, 1.82) is 0 Å². The van der Waals surface area contributed by atoms with E-state index in [1.54, 1.807) is 18.6 Å². The molecule has 2 aromatic rings. The largest absolute Gasteiger partial charge is 0.472 e. The van der Waals surface area contributed by atoms with E-state index in [0.29, 0.717) is 12.4 Å². The van der Waals surface area contributed by atoms with Crippen LogP contribution >= 0.6 is 0 Å². The SMILES string of the molecule is CC(C)(C)c1nc(N)cc(NCc2ccoc2)n1. The Hall–Kier alpha value is -2.04. The lowest BCUT2D eigenvalue weighted by atomic mass is 9.96. The summed E-state index contributed by atoms with van der Waals surface area (Å²) < 4.78 is 5.01. The van der Waals surface area contributed by atoms with E-state index in [9.17, 15) is 0 Å². The normalized spacial score (nSPS) is 11.5. The zero-order valence-electron chi connectivity index (χ0n) is 10.9. The van der Waals surface area contributed by atoms with Gasteiger partial charge in [-0.25, -0.2) is 9.97 Å². The molecule has 18 heavy (non-hydrogen) atoms. The van der Waals surface area contributed by atoms with Crippen molar-refractivity contribution >= 4 is 11.6 Å². The molecule has 5 nitrogen and oxygen atoms in total. The average Bonchev–Trinajstić information content (AvgIpc) is 2.77.